The van der Waals surface area contributed by atoms with Crippen molar-refractivity contribution in [2.24, 2.45) is 0 Å². The average Bonchev–Trinajstić information content (AvgIpc) is 2.62. The summed E-state index contributed by atoms with van der Waals surface area (Å²) in [5, 5.41) is 0. The minimum absolute atomic E-state index is 0.206. The first-order valence-electron chi connectivity index (χ1n) is 7.95. The summed E-state index contributed by atoms with van der Waals surface area (Å²) in [6, 6.07) is 13.8. The Labute approximate surface area is 141 Å². The molecule has 0 bridgehead atoms. The molecule has 24 heavy (non-hydrogen) atoms. The van der Waals surface area contributed by atoms with Gasteiger partial charge in [0.05, 0.1) is 0 Å². The van der Waals surface area contributed by atoms with Crippen LogP contribution in [0.2, 0.25) is 0 Å². The summed E-state index contributed by atoms with van der Waals surface area (Å²) in [6.07, 6.45) is 7.53. The van der Waals surface area contributed by atoms with Crippen LogP contribution < -0.4 is 10.9 Å². The number of hydrogen-bond donors (Lipinski definition) is 0. The standard InChI is InChI=1S/C21H19NO2/c1-21(2,16-6-4-3-5-7-16)14-18-17(19(23)20(18)24)9-8-15-10-12-22-13-11-15/h3-13H,14H2,1-2H3/b9-8+. The van der Waals surface area contributed by atoms with Crippen LogP contribution in [-0.2, 0) is 11.8 Å². The normalized spacial score (nSPS) is 12.1. The van der Waals surface area contributed by atoms with Crippen LogP contribution in [0.3, 0.4) is 0 Å². The van der Waals surface area contributed by atoms with Gasteiger partial charge in [-0.25, -0.2) is 0 Å². The first kappa shape index (κ1) is 16.1. The van der Waals surface area contributed by atoms with Gasteiger partial charge < -0.3 is 0 Å². The van der Waals surface area contributed by atoms with Gasteiger partial charge in [0.25, 0.3) is 0 Å². The largest absolute Gasteiger partial charge is 0.285 e. The maximum absolute atomic E-state index is 12.0. The third-order valence-electron chi connectivity index (χ3n) is 4.37. The second-order valence-corrected chi connectivity index (χ2v) is 6.59. The highest BCUT2D eigenvalue weighted by Crippen LogP contribution is 2.27. The van der Waals surface area contributed by atoms with Crippen LogP contribution in [0, 0.1) is 0 Å². The molecule has 0 radical (unpaired) electrons. The van der Waals surface area contributed by atoms with Crippen LogP contribution in [-0.4, -0.2) is 4.98 Å². The van der Waals surface area contributed by atoms with Crippen molar-refractivity contribution < 1.29 is 0 Å². The van der Waals surface area contributed by atoms with Gasteiger partial charge in [-0.2, -0.15) is 0 Å². The van der Waals surface area contributed by atoms with E-state index in [1.54, 1.807) is 18.5 Å². The van der Waals surface area contributed by atoms with Gasteiger partial charge in [-0.15, -0.1) is 0 Å². The molecule has 0 N–H and O–H groups in total. The van der Waals surface area contributed by atoms with E-state index in [-0.39, 0.29) is 16.3 Å². The molecule has 0 aliphatic heterocycles. The fourth-order valence-corrected chi connectivity index (χ4v) is 2.90. The van der Waals surface area contributed by atoms with Gasteiger partial charge in [-0.1, -0.05) is 50.3 Å². The lowest BCUT2D eigenvalue weighted by molar-refractivity contribution is 0.518. The van der Waals surface area contributed by atoms with Crippen molar-refractivity contribution in [3.8, 4) is 0 Å². The molecule has 0 amide bonds. The molecule has 0 aliphatic carbocycles. The molecule has 0 atom stereocenters. The van der Waals surface area contributed by atoms with E-state index in [1.165, 1.54) is 0 Å². The van der Waals surface area contributed by atoms with Crippen LogP contribution in [0.5, 0.6) is 0 Å². The first-order valence-corrected chi connectivity index (χ1v) is 7.95. The van der Waals surface area contributed by atoms with E-state index in [0.717, 1.165) is 11.1 Å². The number of nitrogens with zero attached hydrogens (tertiary/aromatic N) is 1. The average molecular weight is 317 g/mol. The van der Waals surface area contributed by atoms with Gasteiger partial charge in [0, 0.05) is 23.5 Å². The summed E-state index contributed by atoms with van der Waals surface area (Å²) < 4.78 is 0. The predicted octanol–water partition coefficient (Wildman–Crippen LogP) is 3.37. The predicted molar refractivity (Wildman–Crippen MR) is 97.7 cm³/mol. The zero-order valence-corrected chi connectivity index (χ0v) is 13.8. The third-order valence-corrected chi connectivity index (χ3v) is 4.37. The minimum atomic E-state index is -0.390. The first-order chi connectivity index (χ1) is 11.5. The maximum atomic E-state index is 12.0. The smallest absolute Gasteiger partial charge is 0.233 e. The Hall–Kier alpha value is -2.81. The van der Waals surface area contributed by atoms with Crippen molar-refractivity contribution >= 4 is 12.2 Å². The van der Waals surface area contributed by atoms with Gasteiger partial charge in [0.15, 0.2) is 0 Å². The van der Waals surface area contributed by atoms with Crippen molar-refractivity contribution in [3.63, 3.8) is 0 Å². The van der Waals surface area contributed by atoms with Crippen molar-refractivity contribution in [1.82, 2.24) is 4.98 Å². The van der Waals surface area contributed by atoms with Crippen LogP contribution in [0.15, 0.2) is 64.4 Å². The quantitative estimate of drug-likeness (QED) is 0.678. The molecule has 1 heterocycles. The number of hydrogen-bond acceptors (Lipinski definition) is 3. The number of aromatic nitrogens is 1. The summed E-state index contributed by atoms with van der Waals surface area (Å²) in [5.74, 6) is 0. The molecule has 0 saturated carbocycles. The van der Waals surface area contributed by atoms with E-state index in [0.29, 0.717) is 17.5 Å². The molecule has 0 spiro atoms. The minimum Gasteiger partial charge on any atom is -0.285 e. The summed E-state index contributed by atoms with van der Waals surface area (Å²) in [5.41, 5.74) is 2.31. The monoisotopic (exact) mass is 317 g/mol. The highest BCUT2D eigenvalue weighted by atomic mass is 16.2. The Balaban J connectivity index is 1.88. The van der Waals surface area contributed by atoms with Gasteiger partial charge in [-0.3, -0.25) is 14.6 Å². The van der Waals surface area contributed by atoms with E-state index in [2.05, 4.69) is 31.0 Å². The summed E-state index contributed by atoms with van der Waals surface area (Å²) in [6.45, 7) is 4.19. The molecule has 120 valence electrons. The SMILES string of the molecule is CC(C)(Cc1c(/C=C/c2ccncc2)c(=O)c1=O)c1ccccc1. The topological polar surface area (TPSA) is 47.0 Å². The van der Waals surface area contributed by atoms with Crippen LogP contribution in [0.1, 0.15) is 36.1 Å². The van der Waals surface area contributed by atoms with E-state index >= 15 is 0 Å². The van der Waals surface area contributed by atoms with E-state index in [4.69, 9.17) is 0 Å². The molecule has 3 heteroatoms. The molecule has 0 saturated heterocycles. The summed E-state index contributed by atoms with van der Waals surface area (Å²) in [7, 11) is 0. The number of pyridine rings is 1. The Kier molecular flexibility index (Phi) is 4.26. The second-order valence-electron chi connectivity index (χ2n) is 6.59. The van der Waals surface area contributed by atoms with Gasteiger partial charge in [0.2, 0.25) is 10.9 Å². The number of benzene rings is 1. The Morgan fingerprint density at radius 1 is 0.917 bits per heavy atom. The Morgan fingerprint density at radius 3 is 2.25 bits per heavy atom. The number of rotatable bonds is 5. The summed E-state index contributed by atoms with van der Waals surface area (Å²) >= 11 is 0. The lowest BCUT2D eigenvalue weighted by atomic mass is 9.77. The summed E-state index contributed by atoms with van der Waals surface area (Å²) in [4.78, 5) is 27.9. The fourth-order valence-electron chi connectivity index (χ4n) is 2.90. The zero-order valence-electron chi connectivity index (χ0n) is 13.8. The van der Waals surface area contributed by atoms with Crippen molar-refractivity contribution in [1.29, 1.82) is 0 Å². The Morgan fingerprint density at radius 2 is 1.58 bits per heavy atom. The highest BCUT2D eigenvalue weighted by Gasteiger charge is 2.27. The Bertz CT molecular complexity index is 931. The molecule has 3 nitrogen and oxygen atoms in total. The van der Waals surface area contributed by atoms with Crippen LogP contribution in [0.4, 0.5) is 0 Å². The highest BCUT2D eigenvalue weighted by molar-refractivity contribution is 5.72. The zero-order chi connectivity index (χ0) is 17.2. The van der Waals surface area contributed by atoms with Crippen LogP contribution >= 0.6 is 0 Å². The van der Waals surface area contributed by atoms with Crippen LogP contribution in [0.25, 0.3) is 12.2 Å². The molecule has 3 rings (SSSR count). The third kappa shape index (κ3) is 3.11. The van der Waals surface area contributed by atoms with Gasteiger partial charge >= 0.3 is 0 Å². The molecule has 0 aliphatic rings. The van der Waals surface area contributed by atoms with Crippen molar-refractivity contribution in [3.05, 3.63) is 97.6 Å². The van der Waals surface area contributed by atoms with Crippen molar-refractivity contribution in [2.75, 3.05) is 0 Å². The van der Waals surface area contributed by atoms with E-state index in [1.807, 2.05) is 36.4 Å². The van der Waals surface area contributed by atoms with Gasteiger partial charge in [0.1, 0.15) is 0 Å². The van der Waals surface area contributed by atoms with E-state index < -0.39 is 0 Å². The molecular formula is C21H19NO2. The molecule has 0 fully saturated rings. The molecule has 2 aromatic carbocycles. The second kappa shape index (κ2) is 6.36. The van der Waals surface area contributed by atoms with Crippen molar-refractivity contribution in [2.45, 2.75) is 25.7 Å². The molecule has 0 unspecified atom stereocenters. The fraction of sp³-hybridized carbons (Fsp3) is 0.190. The van der Waals surface area contributed by atoms with Gasteiger partial charge in [-0.05, 0) is 41.2 Å². The lowest BCUT2D eigenvalue weighted by Gasteiger charge is -2.26. The lowest BCUT2D eigenvalue weighted by Crippen LogP contribution is -2.41. The molecule has 3 aromatic rings. The maximum Gasteiger partial charge on any atom is 0.233 e. The molecule has 1 aromatic heterocycles. The molecular weight excluding hydrogens is 298 g/mol. The van der Waals surface area contributed by atoms with E-state index in [9.17, 15) is 9.59 Å².